The van der Waals surface area contributed by atoms with Gasteiger partial charge in [-0.1, -0.05) is 0 Å². The van der Waals surface area contributed by atoms with Crippen LogP contribution < -0.4 is 0 Å². The van der Waals surface area contributed by atoms with Crippen LogP contribution in [0.1, 0.15) is 0 Å². The first-order valence-electron chi connectivity index (χ1n) is 2.05. The van der Waals surface area contributed by atoms with Crippen molar-refractivity contribution in [1.29, 1.82) is 0 Å². The van der Waals surface area contributed by atoms with Crippen molar-refractivity contribution >= 4 is 13.1 Å². The quantitative estimate of drug-likeness (QED) is 0.316. The van der Waals surface area contributed by atoms with E-state index in [0.29, 0.717) is 0 Å². The van der Waals surface area contributed by atoms with E-state index in [2.05, 4.69) is 0 Å². The molecular formula is C2H4NO6P. The Hall–Kier alpha value is -0.780. The molecule has 0 bridgehead atoms. The highest BCUT2D eigenvalue weighted by molar-refractivity contribution is 7.70. The normalized spacial score (nSPS) is 11.0. The van der Waals surface area contributed by atoms with Crippen molar-refractivity contribution in [2.75, 3.05) is 6.54 Å². The molecule has 0 fully saturated rings. The zero-order chi connectivity index (χ0) is 8.36. The summed E-state index contributed by atoms with van der Waals surface area (Å²) >= 11 is 0. The minimum atomic E-state index is -4.89. The van der Waals surface area contributed by atoms with Gasteiger partial charge in [0.2, 0.25) is 0 Å². The van der Waals surface area contributed by atoms with E-state index in [1.165, 1.54) is 0 Å². The van der Waals surface area contributed by atoms with Crippen molar-refractivity contribution in [2.45, 2.75) is 0 Å². The lowest BCUT2D eigenvalue weighted by molar-refractivity contribution is -0.466. The van der Waals surface area contributed by atoms with Crippen LogP contribution in [0.25, 0.3) is 0 Å². The lowest BCUT2D eigenvalue weighted by Gasteiger charge is -1.95. The molecule has 0 saturated heterocycles. The molecular weight excluding hydrogens is 165 g/mol. The average Bonchev–Trinajstić information content (AvgIpc) is 1.60. The van der Waals surface area contributed by atoms with Crippen LogP contribution in [0.4, 0.5) is 0 Å². The minimum absolute atomic E-state index is 1.10. The third kappa shape index (κ3) is 3.29. The molecule has 0 unspecified atom stereocenters. The summed E-state index contributed by atoms with van der Waals surface area (Å²) in [5.74, 6) is 0. The SMILES string of the molecule is O=C(C[N+](=O)[O-])P(=O)(O)O. The standard InChI is InChI=1S/C2H4NO6P/c4-2(1-3(5)6)10(7,8)9/h1H2,(H2,7,8,9). The van der Waals surface area contributed by atoms with Gasteiger partial charge in [-0.3, -0.25) is 19.5 Å². The Morgan fingerprint density at radius 1 is 1.60 bits per heavy atom. The first-order valence-corrected chi connectivity index (χ1v) is 3.66. The van der Waals surface area contributed by atoms with E-state index >= 15 is 0 Å². The number of nitrogens with zero attached hydrogens (tertiary/aromatic N) is 1. The molecule has 0 aromatic rings. The number of nitro groups is 1. The van der Waals surface area contributed by atoms with Crippen LogP contribution in [0.5, 0.6) is 0 Å². The minimum Gasteiger partial charge on any atom is -0.319 e. The fourth-order valence-electron chi connectivity index (χ4n) is 0.203. The van der Waals surface area contributed by atoms with Gasteiger partial charge in [-0.15, -0.1) is 0 Å². The van der Waals surface area contributed by atoms with Crippen LogP contribution in [-0.4, -0.2) is 26.8 Å². The molecule has 0 spiro atoms. The molecule has 0 aromatic heterocycles. The molecule has 0 atom stereocenters. The van der Waals surface area contributed by atoms with Gasteiger partial charge < -0.3 is 9.79 Å². The van der Waals surface area contributed by atoms with Crippen LogP contribution in [0.15, 0.2) is 0 Å². The van der Waals surface area contributed by atoms with Crippen molar-refractivity contribution < 1.29 is 24.1 Å². The first kappa shape index (κ1) is 9.22. The van der Waals surface area contributed by atoms with E-state index in [1.54, 1.807) is 0 Å². The zero-order valence-corrected chi connectivity index (χ0v) is 5.52. The maximum absolute atomic E-state index is 10.1. The molecule has 2 N–H and O–H groups in total. The highest BCUT2D eigenvalue weighted by Gasteiger charge is 2.29. The van der Waals surface area contributed by atoms with E-state index in [0.717, 1.165) is 0 Å². The molecule has 0 rings (SSSR count). The van der Waals surface area contributed by atoms with Crippen molar-refractivity contribution in [3.05, 3.63) is 10.1 Å². The predicted molar refractivity (Wildman–Crippen MR) is 28.9 cm³/mol. The first-order chi connectivity index (χ1) is 4.34. The third-order valence-electron chi connectivity index (χ3n) is 0.589. The largest absolute Gasteiger partial charge is 0.398 e. The third-order valence-corrected chi connectivity index (χ3v) is 1.38. The van der Waals surface area contributed by atoms with Crippen LogP contribution in [0, 0.1) is 10.1 Å². The summed E-state index contributed by atoms with van der Waals surface area (Å²) in [6, 6.07) is 0. The van der Waals surface area contributed by atoms with E-state index in [1.807, 2.05) is 0 Å². The summed E-state index contributed by atoms with van der Waals surface area (Å²) in [6.45, 7) is -1.33. The van der Waals surface area contributed by atoms with Gasteiger partial charge in [-0.25, -0.2) is 0 Å². The topological polar surface area (TPSA) is 118 Å². The van der Waals surface area contributed by atoms with E-state index in [4.69, 9.17) is 9.79 Å². The van der Waals surface area contributed by atoms with Crippen molar-refractivity contribution in [3.63, 3.8) is 0 Å². The molecule has 7 nitrogen and oxygen atoms in total. The highest BCUT2D eigenvalue weighted by atomic mass is 31.2. The fraction of sp³-hybridized carbons (Fsp3) is 0.500. The van der Waals surface area contributed by atoms with Gasteiger partial charge >= 0.3 is 13.1 Å². The number of carbonyl (C=O) groups is 1. The number of hydrogen-bond acceptors (Lipinski definition) is 4. The Balaban J connectivity index is 4.13. The van der Waals surface area contributed by atoms with Gasteiger partial charge in [-0.2, -0.15) is 0 Å². The van der Waals surface area contributed by atoms with Gasteiger partial charge in [0.25, 0.3) is 6.54 Å². The molecule has 10 heavy (non-hydrogen) atoms. The smallest absolute Gasteiger partial charge is 0.319 e. The number of rotatable bonds is 3. The molecule has 0 aliphatic rings. The second kappa shape index (κ2) is 2.87. The Kier molecular flexibility index (Phi) is 2.65. The molecule has 0 radical (unpaired) electrons. The second-order valence-electron chi connectivity index (χ2n) is 1.43. The van der Waals surface area contributed by atoms with E-state index < -0.39 is 24.6 Å². The number of hydrogen-bond donors (Lipinski definition) is 2. The molecule has 0 aromatic carbocycles. The van der Waals surface area contributed by atoms with Gasteiger partial charge in [0, 0.05) is 4.92 Å². The summed E-state index contributed by atoms with van der Waals surface area (Å²) in [5, 5.41) is 9.50. The summed E-state index contributed by atoms with van der Waals surface area (Å²) in [4.78, 5) is 34.5. The van der Waals surface area contributed by atoms with Gasteiger partial charge in [0.05, 0.1) is 0 Å². The molecule has 58 valence electrons. The molecule has 8 heteroatoms. The van der Waals surface area contributed by atoms with Crippen LogP contribution >= 0.6 is 7.60 Å². The van der Waals surface area contributed by atoms with E-state index in [9.17, 15) is 19.5 Å². The lowest BCUT2D eigenvalue weighted by Crippen LogP contribution is -2.13. The number of carbonyl (C=O) groups excluding carboxylic acids is 1. The van der Waals surface area contributed by atoms with Gasteiger partial charge in [0.15, 0.2) is 0 Å². The Morgan fingerprint density at radius 3 is 2.10 bits per heavy atom. The zero-order valence-electron chi connectivity index (χ0n) is 4.63. The average molecular weight is 169 g/mol. The molecule has 0 aliphatic carbocycles. The van der Waals surface area contributed by atoms with Crippen molar-refractivity contribution in [2.24, 2.45) is 0 Å². The maximum atomic E-state index is 10.1. The molecule has 0 amide bonds. The lowest BCUT2D eigenvalue weighted by atomic mass is 10.8. The van der Waals surface area contributed by atoms with Gasteiger partial charge in [-0.05, 0) is 0 Å². The van der Waals surface area contributed by atoms with Gasteiger partial charge in [0.1, 0.15) is 0 Å². The van der Waals surface area contributed by atoms with E-state index in [-0.39, 0.29) is 0 Å². The summed E-state index contributed by atoms with van der Waals surface area (Å²) in [5.41, 5.74) is -1.67. The summed E-state index contributed by atoms with van der Waals surface area (Å²) in [6.07, 6.45) is 0. The Morgan fingerprint density at radius 2 is 2.00 bits per heavy atom. The van der Waals surface area contributed by atoms with Crippen LogP contribution in [0.3, 0.4) is 0 Å². The second-order valence-corrected chi connectivity index (χ2v) is 3.02. The van der Waals surface area contributed by atoms with Crippen molar-refractivity contribution in [1.82, 2.24) is 0 Å². The predicted octanol–water partition coefficient (Wildman–Crippen LogP) is -1.03. The highest BCUT2D eigenvalue weighted by Crippen LogP contribution is 2.34. The molecule has 0 heterocycles. The van der Waals surface area contributed by atoms with Crippen LogP contribution in [0.2, 0.25) is 0 Å². The Bertz CT molecular complexity index is 204. The van der Waals surface area contributed by atoms with Crippen molar-refractivity contribution in [3.8, 4) is 0 Å². The monoisotopic (exact) mass is 169 g/mol. The van der Waals surface area contributed by atoms with Crippen LogP contribution in [-0.2, 0) is 9.36 Å². The molecule has 0 saturated carbocycles. The summed E-state index contributed by atoms with van der Waals surface area (Å²) < 4.78 is 9.91. The fourth-order valence-corrected chi connectivity index (χ4v) is 0.502. The molecule has 0 aliphatic heterocycles. The Labute approximate surface area is 55.0 Å². The maximum Gasteiger partial charge on any atom is 0.398 e. The summed E-state index contributed by atoms with van der Waals surface area (Å²) in [7, 11) is -4.89.